The Hall–Kier alpha value is -1.16. The van der Waals surface area contributed by atoms with Gasteiger partial charge in [0.25, 0.3) is 5.91 Å². The zero-order valence-electron chi connectivity index (χ0n) is 8.01. The number of nitrogens with one attached hydrogen (secondary N) is 1. The van der Waals surface area contributed by atoms with Crippen LogP contribution in [0, 0.1) is 0 Å². The minimum atomic E-state index is -3.00. The normalized spacial score (nSPS) is 12.6. The van der Waals surface area contributed by atoms with E-state index in [0.717, 1.165) is 0 Å². The Morgan fingerprint density at radius 2 is 2.00 bits per heavy atom. The largest absolute Gasteiger partial charge is 0.345 e. The van der Waals surface area contributed by atoms with E-state index in [1.54, 1.807) is 31.2 Å². The van der Waals surface area contributed by atoms with Crippen molar-refractivity contribution >= 4 is 17.5 Å². The van der Waals surface area contributed by atoms with E-state index in [0.29, 0.717) is 10.6 Å². The van der Waals surface area contributed by atoms with Crippen LogP contribution in [0.2, 0.25) is 5.02 Å². The van der Waals surface area contributed by atoms with Crippen molar-refractivity contribution in [3.8, 4) is 0 Å². The van der Waals surface area contributed by atoms with Crippen molar-refractivity contribution in [2.45, 2.75) is 19.4 Å². The zero-order valence-corrected chi connectivity index (χ0v) is 8.76. The molecule has 0 radical (unpaired) electrons. The minimum absolute atomic E-state index is 0.444. The van der Waals surface area contributed by atoms with Gasteiger partial charge in [0, 0.05) is 5.02 Å². The molecule has 0 aliphatic rings. The first-order chi connectivity index (χ1) is 7.02. The highest BCUT2D eigenvalue weighted by molar-refractivity contribution is 6.31. The number of hydrogen-bond donors (Lipinski definition) is 1. The predicted octanol–water partition coefficient (Wildman–Crippen LogP) is 2.78. The third kappa shape index (κ3) is 3.16. The number of benzene rings is 1. The van der Waals surface area contributed by atoms with Gasteiger partial charge in [0.1, 0.15) is 0 Å². The van der Waals surface area contributed by atoms with Crippen molar-refractivity contribution in [3.63, 3.8) is 0 Å². The molecule has 1 aromatic carbocycles. The fourth-order valence-corrected chi connectivity index (χ4v) is 1.48. The van der Waals surface area contributed by atoms with Crippen LogP contribution in [0.5, 0.6) is 0 Å². The standard InChI is InChI=1S/C10H10ClF2NO/c1-6(14-10(15)9(12)13)7-4-2-3-5-8(7)11/h2-6,9H,1H3,(H,14,15). The molecule has 1 N–H and O–H groups in total. The number of amides is 1. The van der Waals surface area contributed by atoms with Crippen LogP contribution in [0.4, 0.5) is 8.78 Å². The molecule has 1 unspecified atom stereocenters. The van der Waals surface area contributed by atoms with E-state index in [2.05, 4.69) is 5.32 Å². The lowest BCUT2D eigenvalue weighted by atomic mass is 10.1. The minimum Gasteiger partial charge on any atom is -0.345 e. The highest BCUT2D eigenvalue weighted by atomic mass is 35.5. The smallest absolute Gasteiger partial charge is 0.315 e. The van der Waals surface area contributed by atoms with Crippen molar-refractivity contribution < 1.29 is 13.6 Å². The van der Waals surface area contributed by atoms with Crippen LogP contribution in [-0.4, -0.2) is 12.3 Å². The average Bonchev–Trinajstić information content (AvgIpc) is 2.18. The topological polar surface area (TPSA) is 29.1 Å². The fraction of sp³-hybridized carbons (Fsp3) is 0.300. The van der Waals surface area contributed by atoms with Gasteiger partial charge in [0.2, 0.25) is 0 Å². The fourth-order valence-electron chi connectivity index (χ4n) is 1.18. The van der Waals surface area contributed by atoms with Crippen molar-refractivity contribution in [2.75, 3.05) is 0 Å². The molecule has 1 rings (SSSR count). The lowest BCUT2D eigenvalue weighted by molar-refractivity contribution is -0.132. The number of carbonyl (C=O) groups excluding carboxylic acids is 1. The number of carbonyl (C=O) groups is 1. The second kappa shape index (κ2) is 5.07. The summed E-state index contributed by atoms with van der Waals surface area (Å²) >= 11 is 5.84. The summed E-state index contributed by atoms with van der Waals surface area (Å²) in [5.41, 5.74) is 0.619. The van der Waals surface area contributed by atoms with E-state index >= 15 is 0 Å². The van der Waals surface area contributed by atoms with Crippen LogP contribution in [0.1, 0.15) is 18.5 Å². The van der Waals surface area contributed by atoms with Gasteiger partial charge in [-0.2, -0.15) is 8.78 Å². The highest BCUT2D eigenvalue weighted by Crippen LogP contribution is 2.22. The Morgan fingerprint density at radius 1 is 1.40 bits per heavy atom. The van der Waals surface area contributed by atoms with Gasteiger partial charge < -0.3 is 5.32 Å². The molecule has 0 aliphatic heterocycles. The van der Waals surface area contributed by atoms with Gasteiger partial charge in [0.15, 0.2) is 0 Å². The maximum absolute atomic E-state index is 12.0. The number of alkyl halides is 2. The Kier molecular flexibility index (Phi) is 4.03. The zero-order chi connectivity index (χ0) is 11.4. The Balaban J connectivity index is 2.73. The molecule has 5 heteroatoms. The van der Waals surface area contributed by atoms with Crippen molar-refractivity contribution in [3.05, 3.63) is 34.9 Å². The first kappa shape index (κ1) is 11.9. The summed E-state index contributed by atoms with van der Waals surface area (Å²) in [4.78, 5) is 10.7. The van der Waals surface area contributed by atoms with Gasteiger partial charge in [0.05, 0.1) is 6.04 Å². The van der Waals surface area contributed by atoms with E-state index < -0.39 is 18.4 Å². The van der Waals surface area contributed by atoms with Crippen molar-refractivity contribution in [1.82, 2.24) is 5.32 Å². The molecule has 15 heavy (non-hydrogen) atoms. The molecule has 0 saturated heterocycles. The molecule has 0 spiro atoms. The third-order valence-corrected chi connectivity index (χ3v) is 2.27. The van der Waals surface area contributed by atoms with Gasteiger partial charge in [-0.05, 0) is 18.6 Å². The Bertz CT molecular complexity index is 357. The van der Waals surface area contributed by atoms with E-state index in [1.807, 2.05) is 0 Å². The van der Waals surface area contributed by atoms with Gasteiger partial charge in [-0.1, -0.05) is 29.8 Å². The van der Waals surface area contributed by atoms with Gasteiger partial charge in [-0.3, -0.25) is 4.79 Å². The molecule has 0 fully saturated rings. The van der Waals surface area contributed by atoms with Crippen LogP contribution in [0.25, 0.3) is 0 Å². The van der Waals surface area contributed by atoms with E-state index in [-0.39, 0.29) is 0 Å². The molecular formula is C10H10ClF2NO. The molecule has 1 amide bonds. The first-order valence-corrected chi connectivity index (χ1v) is 4.73. The predicted molar refractivity (Wildman–Crippen MR) is 54.0 cm³/mol. The average molecular weight is 234 g/mol. The van der Waals surface area contributed by atoms with Crippen LogP contribution < -0.4 is 5.32 Å². The Morgan fingerprint density at radius 3 is 2.53 bits per heavy atom. The van der Waals surface area contributed by atoms with Crippen LogP contribution >= 0.6 is 11.6 Å². The molecule has 0 bridgehead atoms. The van der Waals surface area contributed by atoms with E-state index in [4.69, 9.17) is 11.6 Å². The quantitative estimate of drug-likeness (QED) is 0.855. The Labute approximate surface area is 91.2 Å². The summed E-state index contributed by atoms with van der Waals surface area (Å²) in [6.45, 7) is 1.60. The van der Waals surface area contributed by atoms with Crippen LogP contribution in [-0.2, 0) is 4.79 Å². The first-order valence-electron chi connectivity index (χ1n) is 4.35. The molecular weight excluding hydrogens is 224 g/mol. The summed E-state index contributed by atoms with van der Waals surface area (Å²) in [6.07, 6.45) is -3.00. The monoisotopic (exact) mass is 233 g/mol. The van der Waals surface area contributed by atoms with Crippen molar-refractivity contribution in [1.29, 1.82) is 0 Å². The van der Waals surface area contributed by atoms with E-state index in [1.165, 1.54) is 0 Å². The lowest BCUT2D eigenvalue weighted by Crippen LogP contribution is -2.31. The number of rotatable bonds is 3. The van der Waals surface area contributed by atoms with Crippen LogP contribution in [0.3, 0.4) is 0 Å². The van der Waals surface area contributed by atoms with Crippen molar-refractivity contribution in [2.24, 2.45) is 0 Å². The summed E-state index contributed by atoms with van der Waals surface area (Å²) < 4.78 is 23.9. The lowest BCUT2D eigenvalue weighted by Gasteiger charge is -2.15. The molecule has 1 aromatic rings. The maximum Gasteiger partial charge on any atom is 0.315 e. The highest BCUT2D eigenvalue weighted by Gasteiger charge is 2.18. The third-order valence-electron chi connectivity index (χ3n) is 1.93. The molecule has 0 aromatic heterocycles. The molecule has 0 aliphatic carbocycles. The second-order valence-electron chi connectivity index (χ2n) is 3.05. The summed E-state index contributed by atoms with van der Waals surface area (Å²) in [7, 11) is 0. The second-order valence-corrected chi connectivity index (χ2v) is 3.46. The van der Waals surface area contributed by atoms with E-state index in [9.17, 15) is 13.6 Å². The summed E-state index contributed by atoms with van der Waals surface area (Å²) in [5, 5.41) is 2.61. The van der Waals surface area contributed by atoms with Gasteiger partial charge in [-0.25, -0.2) is 0 Å². The van der Waals surface area contributed by atoms with Gasteiger partial charge >= 0.3 is 6.43 Å². The summed E-state index contributed by atoms with van der Waals surface area (Å²) in [5.74, 6) is -1.29. The molecule has 0 heterocycles. The van der Waals surface area contributed by atoms with Gasteiger partial charge in [-0.15, -0.1) is 0 Å². The van der Waals surface area contributed by atoms with Crippen LogP contribution in [0.15, 0.2) is 24.3 Å². The number of halogens is 3. The molecule has 82 valence electrons. The molecule has 0 saturated carbocycles. The molecule has 2 nitrogen and oxygen atoms in total. The molecule has 1 atom stereocenters. The summed E-state index contributed by atoms with van der Waals surface area (Å²) in [6, 6.07) is 6.25. The maximum atomic E-state index is 12.0. The SMILES string of the molecule is CC(NC(=O)C(F)F)c1ccccc1Cl. The number of hydrogen-bond acceptors (Lipinski definition) is 1.